The molecule has 2 aliphatic carbocycles. The maximum Gasteiger partial charge on any atom is 0.290 e. The standard InChI is InChI=1S/C16H18N2O2/c1-14-10-18(13(19)12-4-3-7-20-12)16(9-17)8-11(14)5-6-15(14,16)2/h3-4,7,11H,5-6,8,10H2,1-2H3/t11-,14-,15+,16-/m0/s1. The van der Waals surface area contributed by atoms with Crippen LogP contribution in [0.2, 0.25) is 0 Å². The Morgan fingerprint density at radius 2 is 2.35 bits per heavy atom. The highest BCUT2D eigenvalue weighted by Crippen LogP contribution is 2.75. The van der Waals surface area contributed by atoms with E-state index in [-0.39, 0.29) is 16.7 Å². The van der Waals surface area contributed by atoms with Crippen molar-refractivity contribution < 1.29 is 9.21 Å². The maximum absolute atomic E-state index is 12.7. The lowest BCUT2D eigenvalue weighted by Gasteiger charge is -2.42. The van der Waals surface area contributed by atoms with Gasteiger partial charge in [-0.05, 0) is 42.7 Å². The normalized spacial score (nSPS) is 44.9. The highest BCUT2D eigenvalue weighted by molar-refractivity contribution is 5.93. The van der Waals surface area contributed by atoms with Crippen molar-refractivity contribution in [3.63, 3.8) is 0 Å². The van der Waals surface area contributed by atoms with Crippen molar-refractivity contribution in [3.05, 3.63) is 24.2 Å². The number of carbonyl (C=O) groups excluding carboxylic acids is 1. The van der Waals surface area contributed by atoms with Gasteiger partial charge in [0.05, 0.1) is 12.3 Å². The molecule has 4 nitrogen and oxygen atoms in total. The Morgan fingerprint density at radius 1 is 1.55 bits per heavy atom. The van der Waals surface area contributed by atoms with Gasteiger partial charge in [0.1, 0.15) is 5.54 Å². The summed E-state index contributed by atoms with van der Waals surface area (Å²) in [5.41, 5.74) is -0.652. The number of hydrogen-bond donors (Lipinski definition) is 0. The van der Waals surface area contributed by atoms with Gasteiger partial charge in [-0.3, -0.25) is 4.79 Å². The minimum absolute atomic E-state index is 0.0744. The third-order valence-electron chi connectivity index (χ3n) is 6.72. The number of nitrogens with zero attached hydrogens (tertiary/aromatic N) is 2. The van der Waals surface area contributed by atoms with Gasteiger partial charge < -0.3 is 9.32 Å². The van der Waals surface area contributed by atoms with E-state index in [1.807, 2.05) is 0 Å². The highest BCUT2D eigenvalue weighted by atomic mass is 16.3. The lowest BCUT2D eigenvalue weighted by Crippen LogP contribution is -2.54. The summed E-state index contributed by atoms with van der Waals surface area (Å²) in [7, 11) is 0. The van der Waals surface area contributed by atoms with Crippen molar-refractivity contribution >= 4 is 5.91 Å². The summed E-state index contributed by atoms with van der Waals surface area (Å²) in [6.45, 7) is 5.15. The molecule has 0 spiro atoms. The average Bonchev–Trinajstić information content (AvgIpc) is 3.13. The van der Waals surface area contributed by atoms with Crippen molar-refractivity contribution in [2.45, 2.75) is 38.6 Å². The zero-order valence-corrected chi connectivity index (χ0v) is 11.8. The van der Waals surface area contributed by atoms with E-state index in [4.69, 9.17) is 4.42 Å². The zero-order valence-electron chi connectivity index (χ0n) is 11.8. The predicted octanol–water partition coefficient (Wildman–Crippen LogP) is 2.82. The number of nitriles is 1. The van der Waals surface area contributed by atoms with Crippen LogP contribution in [0.15, 0.2) is 22.8 Å². The molecule has 4 atom stereocenters. The fraction of sp³-hybridized carbons (Fsp3) is 0.625. The van der Waals surface area contributed by atoms with E-state index in [1.54, 1.807) is 17.0 Å². The second-order valence-corrected chi connectivity index (χ2v) is 7.03. The summed E-state index contributed by atoms with van der Waals surface area (Å²) in [4.78, 5) is 14.5. The van der Waals surface area contributed by atoms with Gasteiger partial charge in [-0.25, -0.2) is 0 Å². The molecule has 3 fully saturated rings. The van der Waals surface area contributed by atoms with Crippen molar-refractivity contribution in [2.75, 3.05) is 6.54 Å². The monoisotopic (exact) mass is 270 g/mol. The molecule has 1 aromatic rings. The van der Waals surface area contributed by atoms with Gasteiger partial charge >= 0.3 is 0 Å². The topological polar surface area (TPSA) is 57.2 Å². The second-order valence-electron chi connectivity index (χ2n) is 7.03. The quantitative estimate of drug-likeness (QED) is 0.788. The van der Waals surface area contributed by atoms with E-state index in [9.17, 15) is 10.1 Å². The van der Waals surface area contributed by atoms with Crippen molar-refractivity contribution in [2.24, 2.45) is 16.7 Å². The Hall–Kier alpha value is -1.76. The summed E-state index contributed by atoms with van der Waals surface area (Å²) >= 11 is 0. The molecule has 4 bridgehead atoms. The Kier molecular flexibility index (Phi) is 1.97. The number of piperidine rings is 1. The van der Waals surface area contributed by atoms with Crippen LogP contribution in [0.4, 0.5) is 0 Å². The summed E-state index contributed by atoms with van der Waals surface area (Å²) < 4.78 is 5.25. The van der Waals surface area contributed by atoms with E-state index in [0.29, 0.717) is 18.2 Å². The molecule has 0 unspecified atom stereocenters. The fourth-order valence-electron chi connectivity index (χ4n) is 5.29. The van der Waals surface area contributed by atoms with E-state index in [2.05, 4.69) is 19.9 Å². The summed E-state index contributed by atoms with van der Waals surface area (Å²) in [6, 6.07) is 5.92. The molecule has 1 aliphatic heterocycles. The van der Waals surface area contributed by atoms with E-state index in [1.165, 1.54) is 12.7 Å². The van der Waals surface area contributed by atoms with Gasteiger partial charge in [0.2, 0.25) is 0 Å². The molecule has 104 valence electrons. The molecule has 0 aromatic carbocycles. The summed E-state index contributed by atoms with van der Waals surface area (Å²) in [5, 5.41) is 9.89. The van der Waals surface area contributed by atoms with E-state index < -0.39 is 5.54 Å². The lowest BCUT2D eigenvalue weighted by molar-refractivity contribution is 0.0400. The zero-order chi connectivity index (χ0) is 14.2. The van der Waals surface area contributed by atoms with Crippen LogP contribution in [0.3, 0.4) is 0 Å². The lowest BCUT2D eigenvalue weighted by atomic mass is 9.66. The molecular formula is C16H18N2O2. The minimum Gasteiger partial charge on any atom is -0.459 e. The number of likely N-dealkylation sites (tertiary alicyclic amines) is 1. The smallest absolute Gasteiger partial charge is 0.290 e. The van der Waals surface area contributed by atoms with Gasteiger partial charge in [0, 0.05) is 12.0 Å². The third kappa shape index (κ3) is 0.974. The Balaban J connectivity index is 1.82. The number of amides is 1. The van der Waals surface area contributed by atoms with Gasteiger partial charge in [-0.2, -0.15) is 5.26 Å². The van der Waals surface area contributed by atoms with Crippen LogP contribution >= 0.6 is 0 Å². The third-order valence-corrected chi connectivity index (χ3v) is 6.72. The first kappa shape index (κ1) is 12.0. The van der Waals surface area contributed by atoms with Crippen molar-refractivity contribution in [1.82, 2.24) is 4.90 Å². The van der Waals surface area contributed by atoms with Crippen LogP contribution < -0.4 is 0 Å². The fourth-order valence-corrected chi connectivity index (χ4v) is 5.29. The van der Waals surface area contributed by atoms with Crippen molar-refractivity contribution in [1.29, 1.82) is 5.26 Å². The Morgan fingerprint density at radius 3 is 2.95 bits per heavy atom. The van der Waals surface area contributed by atoms with Crippen molar-refractivity contribution in [3.8, 4) is 6.07 Å². The number of carbonyl (C=O) groups is 1. The first-order chi connectivity index (χ1) is 9.48. The number of rotatable bonds is 1. The molecule has 4 rings (SSSR count). The molecule has 4 heteroatoms. The van der Waals surface area contributed by atoms with Gasteiger partial charge in [-0.15, -0.1) is 0 Å². The second kappa shape index (κ2) is 3.28. The molecule has 1 amide bonds. The number of hydrogen-bond acceptors (Lipinski definition) is 3. The highest BCUT2D eigenvalue weighted by Gasteiger charge is 2.79. The van der Waals surface area contributed by atoms with Crippen LogP contribution in [0.5, 0.6) is 0 Å². The van der Waals surface area contributed by atoms with Crippen LogP contribution in [0, 0.1) is 28.1 Å². The summed E-state index contributed by atoms with van der Waals surface area (Å²) in [6.07, 6.45) is 4.57. The van der Waals surface area contributed by atoms with Gasteiger partial charge in [0.15, 0.2) is 5.76 Å². The molecule has 1 saturated heterocycles. The molecule has 0 N–H and O–H groups in total. The van der Waals surface area contributed by atoms with Crippen LogP contribution in [0.1, 0.15) is 43.7 Å². The van der Waals surface area contributed by atoms with Gasteiger partial charge in [0.25, 0.3) is 5.91 Å². The van der Waals surface area contributed by atoms with Crippen LogP contribution in [0.25, 0.3) is 0 Å². The molecular weight excluding hydrogens is 252 g/mol. The molecule has 2 heterocycles. The van der Waals surface area contributed by atoms with Gasteiger partial charge in [-0.1, -0.05) is 13.8 Å². The molecule has 2 saturated carbocycles. The molecule has 1 aromatic heterocycles. The molecule has 3 aliphatic rings. The molecule has 20 heavy (non-hydrogen) atoms. The average molecular weight is 270 g/mol. The Bertz CT molecular complexity index is 631. The number of furan rings is 1. The largest absolute Gasteiger partial charge is 0.459 e. The Labute approximate surface area is 118 Å². The predicted molar refractivity (Wildman–Crippen MR) is 71.6 cm³/mol. The molecule has 0 radical (unpaired) electrons. The first-order valence-corrected chi connectivity index (χ1v) is 7.25. The maximum atomic E-state index is 12.7. The van der Waals surface area contributed by atoms with E-state index >= 15 is 0 Å². The van der Waals surface area contributed by atoms with Crippen LogP contribution in [-0.2, 0) is 0 Å². The minimum atomic E-state index is -0.644. The van der Waals surface area contributed by atoms with E-state index in [0.717, 1.165) is 12.8 Å². The first-order valence-electron chi connectivity index (χ1n) is 7.25. The van der Waals surface area contributed by atoms with Crippen LogP contribution in [-0.4, -0.2) is 22.9 Å². The SMILES string of the molecule is C[C@]12CC[C@H]3C[C@@]1(C#N)N(C(=O)c1ccco1)C[C@@]32C. The summed E-state index contributed by atoms with van der Waals surface area (Å²) in [5.74, 6) is 0.787.